The molecule has 0 fully saturated rings. The van der Waals surface area contributed by atoms with Gasteiger partial charge in [0.2, 0.25) is 0 Å². The van der Waals surface area contributed by atoms with Gasteiger partial charge in [0.15, 0.2) is 0 Å². The number of carbonyl (C=O) groups is 1. The molecule has 0 aromatic heterocycles. The third kappa shape index (κ3) is 7.97. The van der Waals surface area contributed by atoms with Crippen molar-refractivity contribution < 1.29 is 22.5 Å². The summed E-state index contributed by atoms with van der Waals surface area (Å²) >= 11 is 0. The first-order chi connectivity index (χ1) is 5.37. The third-order valence-electron chi connectivity index (χ3n) is 0.980. The summed E-state index contributed by atoms with van der Waals surface area (Å²) in [5.74, 6) is -1.65. The van der Waals surface area contributed by atoms with Gasteiger partial charge in [0, 0.05) is 0 Å². The van der Waals surface area contributed by atoms with Crippen LogP contribution in [0.25, 0.3) is 0 Å². The van der Waals surface area contributed by atoms with Crippen molar-refractivity contribution in [2.45, 2.75) is 13.0 Å². The average molecular weight is 234 g/mol. The molecule has 8 heteroatoms. The van der Waals surface area contributed by atoms with Crippen molar-refractivity contribution in [1.29, 1.82) is 0 Å². The minimum absolute atomic E-state index is 0. The maximum absolute atomic E-state index is 10.7. The van der Waals surface area contributed by atoms with Crippen LogP contribution in [0.1, 0.15) is 6.92 Å². The van der Waals surface area contributed by atoms with Crippen LogP contribution in [0.5, 0.6) is 0 Å². The van der Waals surface area contributed by atoms with Gasteiger partial charge in [0.05, 0.1) is 6.61 Å². The van der Waals surface area contributed by atoms with E-state index in [1.807, 2.05) is 0 Å². The molecule has 1 unspecified atom stereocenters. The fourth-order valence-corrected chi connectivity index (χ4v) is 1.13. The SMILES string of the molecule is CCOC(=O)C(N)CS(=O)(=O)O.Cl. The molecular formula is C5H12ClNO5S. The lowest BCUT2D eigenvalue weighted by atomic mass is 10.4. The number of hydrogen-bond acceptors (Lipinski definition) is 5. The molecule has 80 valence electrons. The summed E-state index contributed by atoms with van der Waals surface area (Å²) < 4.78 is 33.1. The second-order valence-corrected chi connectivity index (χ2v) is 3.60. The highest BCUT2D eigenvalue weighted by Gasteiger charge is 2.20. The molecule has 3 N–H and O–H groups in total. The van der Waals surface area contributed by atoms with Crippen LogP contribution >= 0.6 is 12.4 Å². The van der Waals surface area contributed by atoms with Gasteiger partial charge in [-0.05, 0) is 6.92 Å². The Kier molecular flexibility index (Phi) is 7.14. The largest absolute Gasteiger partial charge is 0.465 e. The Morgan fingerprint density at radius 2 is 2.08 bits per heavy atom. The number of esters is 1. The molecule has 6 nitrogen and oxygen atoms in total. The Balaban J connectivity index is 0. The van der Waals surface area contributed by atoms with Crippen molar-refractivity contribution in [2.24, 2.45) is 5.73 Å². The minimum Gasteiger partial charge on any atom is -0.465 e. The van der Waals surface area contributed by atoms with E-state index in [0.717, 1.165) is 0 Å². The number of halogens is 1. The normalized spacial score (nSPS) is 12.8. The van der Waals surface area contributed by atoms with Crippen molar-refractivity contribution in [3.05, 3.63) is 0 Å². The number of nitrogens with two attached hydrogens (primary N) is 1. The zero-order valence-corrected chi connectivity index (χ0v) is 8.60. The van der Waals surface area contributed by atoms with Crippen LogP contribution < -0.4 is 5.73 Å². The van der Waals surface area contributed by atoms with E-state index in [-0.39, 0.29) is 19.0 Å². The first kappa shape index (κ1) is 15.1. The lowest BCUT2D eigenvalue weighted by Gasteiger charge is -2.07. The number of rotatable bonds is 4. The molecule has 0 spiro atoms. The lowest BCUT2D eigenvalue weighted by Crippen LogP contribution is -2.38. The van der Waals surface area contributed by atoms with Crippen LogP contribution in [0.15, 0.2) is 0 Å². The lowest BCUT2D eigenvalue weighted by molar-refractivity contribution is -0.144. The number of ether oxygens (including phenoxy) is 1. The summed E-state index contributed by atoms with van der Waals surface area (Å²) in [6.45, 7) is 1.69. The van der Waals surface area contributed by atoms with Gasteiger partial charge in [0.25, 0.3) is 10.1 Å². The van der Waals surface area contributed by atoms with Gasteiger partial charge < -0.3 is 10.5 Å². The van der Waals surface area contributed by atoms with Crippen LogP contribution in [0.2, 0.25) is 0 Å². The van der Waals surface area contributed by atoms with E-state index in [1.165, 1.54) is 0 Å². The van der Waals surface area contributed by atoms with Crippen LogP contribution in [0.4, 0.5) is 0 Å². The molecule has 0 aliphatic heterocycles. The second kappa shape index (κ2) is 6.14. The van der Waals surface area contributed by atoms with Crippen LogP contribution in [-0.4, -0.2) is 37.3 Å². The summed E-state index contributed by atoms with van der Waals surface area (Å²) in [6.07, 6.45) is 0. The van der Waals surface area contributed by atoms with Gasteiger partial charge in [-0.1, -0.05) is 0 Å². The smallest absolute Gasteiger partial charge is 0.324 e. The van der Waals surface area contributed by atoms with Crippen molar-refractivity contribution in [3.8, 4) is 0 Å². The Labute approximate surface area is 82.6 Å². The Morgan fingerprint density at radius 1 is 1.62 bits per heavy atom. The molecule has 0 saturated heterocycles. The molecule has 0 heterocycles. The van der Waals surface area contributed by atoms with Crippen molar-refractivity contribution in [1.82, 2.24) is 0 Å². The van der Waals surface area contributed by atoms with Gasteiger partial charge in [0.1, 0.15) is 11.8 Å². The molecule has 0 aromatic rings. The van der Waals surface area contributed by atoms with Crippen LogP contribution in [-0.2, 0) is 19.6 Å². The maximum Gasteiger partial charge on any atom is 0.324 e. The molecule has 1 atom stereocenters. The fourth-order valence-electron chi connectivity index (χ4n) is 0.544. The highest BCUT2D eigenvalue weighted by molar-refractivity contribution is 7.85. The Bertz CT molecular complexity index is 252. The molecule has 0 aliphatic rings. The zero-order valence-electron chi connectivity index (χ0n) is 6.97. The van der Waals surface area contributed by atoms with Crippen LogP contribution in [0, 0.1) is 0 Å². The highest BCUT2D eigenvalue weighted by Crippen LogP contribution is 1.91. The van der Waals surface area contributed by atoms with E-state index in [2.05, 4.69) is 4.74 Å². The van der Waals surface area contributed by atoms with Crippen molar-refractivity contribution in [2.75, 3.05) is 12.4 Å². The fraction of sp³-hybridized carbons (Fsp3) is 0.800. The second-order valence-electron chi connectivity index (χ2n) is 2.11. The highest BCUT2D eigenvalue weighted by atomic mass is 35.5. The average Bonchev–Trinajstić information content (AvgIpc) is 1.84. The first-order valence-electron chi connectivity index (χ1n) is 3.24. The molecule has 13 heavy (non-hydrogen) atoms. The zero-order chi connectivity index (χ0) is 9.78. The van der Waals surface area contributed by atoms with E-state index in [4.69, 9.17) is 10.3 Å². The molecular weight excluding hydrogens is 222 g/mol. The van der Waals surface area contributed by atoms with Crippen molar-refractivity contribution >= 4 is 28.5 Å². The summed E-state index contributed by atoms with van der Waals surface area (Å²) in [4.78, 5) is 10.7. The predicted molar refractivity (Wildman–Crippen MR) is 48.3 cm³/mol. The first-order valence-corrected chi connectivity index (χ1v) is 4.85. The van der Waals surface area contributed by atoms with E-state index in [1.54, 1.807) is 6.92 Å². The van der Waals surface area contributed by atoms with Gasteiger partial charge >= 0.3 is 5.97 Å². The minimum atomic E-state index is -4.21. The van der Waals surface area contributed by atoms with Gasteiger partial charge in [-0.2, -0.15) is 8.42 Å². The molecule has 0 bridgehead atoms. The molecule has 0 amide bonds. The van der Waals surface area contributed by atoms with Crippen molar-refractivity contribution in [3.63, 3.8) is 0 Å². The van der Waals surface area contributed by atoms with E-state index in [9.17, 15) is 13.2 Å². The van der Waals surface area contributed by atoms with Gasteiger partial charge in [-0.3, -0.25) is 9.35 Å². The standard InChI is InChI=1S/C5H11NO5S.ClH/c1-2-11-5(7)4(6)3-12(8,9)10;/h4H,2-3,6H2,1H3,(H,8,9,10);1H. The summed E-state index contributed by atoms with van der Waals surface area (Å²) in [6, 6.07) is -1.32. The Hall–Kier alpha value is -0.370. The monoisotopic (exact) mass is 233 g/mol. The van der Waals surface area contributed by atoms with Gasteiger partial charge in [-0.15, -0.1) is 12.4 Å². The third-order valence-corrected chi connectivity index (χ3v) is 1.76. The maximum atomic E-state index is 10.7. The molecule has 0 aliphatic carbocycles. The van der Waals surface area contributed by atoms with E-state index >= 15 is 0 Å². The number of carbonyl (C=O) groups excluding carboxylic acids is 1. The Morgan fingerprint density at radius 3 is 2.38 bits per heavy atom. The van der Waals surface area contributed by atoms with Gasteiger partial charge in [-0.25, -0.2) is 0 Å². The van der Waals surface area contributed by atoms with E-state index < -0.39 is 27.9 Å². The summed E-state index contributed by atoms with van der Waals surface area (Å²) in [5, 5.41) is 0. The molecule has 0 radical (unpaired) electrons. The predicted octanol–water partition coefficient (Wildman–Crippen LogP) is -0.814. The number of hydrogen-bond donors (Lipinski definition) is 2. The quantitative estimate of drug-likeness (QED) is 0.486. The molecule has 0 saturated carbocycles. The van der Waals surface area contributed by atoms with Crippen LogP contribution in [0.3, 0.4) is 0 Å². The topological polar surface area (TPSA) is 107 Å². The summed E-state index contributed by atoms with van der Waals surface area (Å²) in [5.41, 5.74) is 5.08. The summed E-state index contributed by atoms with van der Waals surface area (Å²) in [7, 11) is -4.21. The molecule has 0 rings (SSSR count). The molecule has 0 aromatic carbocycles. The van der Waals surface area contributed by atoms with E-state index in [0.29, 0.717) is 0 Å².